The van der Waals surface area contributed by atoms with E-state index >= 15 is 0 Å². The normalized spacial score (nSPS) is 10.2. The molecule has 0 radical (unpaired) electrons. The predicted octanol–water partition coefficient (Wildman–Crippen LogP) is 3.84. The second-order valence-electron chi connectivity index (χ2n) is 5.67. The number of benzene rings is 2. The molecule has 2 aromatic rings. The van der Waals surface area contributed by atoms with Crippen LogP contribution in [0.3, 0.4) is 0 Å². The summed E-state index contributed by atoms with van der Waals surface area (Å²) in [5.41, 5.74) is 2.47. The van der Waals surface area contributed by atoms with Crippen LogP contribution in [0, 0.1) is 6.92 Å². The Hall–Kier alpha value is -2.66. The lowest BCUT2D eigenvalue weighted by molar-refractivity contribution is -0.120. The van der Waals surface area contributed by atoms with Crippen LogP contribution in [0.1, 0.15) is 29.8 Å². The Labute approximate surface area is 151 Å². The first-order chi connectivity index (χ1) is 11.8. The van der Waals surface area contributed by atoms with Crippen molar-refractivity contribution in [2.45, 2.75) is 20.8 Å². The minimum atomic E-state index is -0.337. The molecule has 0 atom stereocenters. The van der Waals surface area contributed by atoms with E-state index < -0.39 is 0 Å². The average Bonchev–Trinajstić information content (AvgIpc) is 2.56. The third-order valence-corrected chi connectivity index (χ3v) is 4.22. The summed E-state index contributed by atoms with van der Waals surface area (Å²) in [5.74, 6) is -0.667. The number of rotatable bonds is 5. The van der Waals surface area contributed by atoms with E-state index in [1.165, 1.54) is 18.7 Å². The monoisotopic (exact) mass is 358 g/mol. The highest BCUT2D eigenvalue weighted by Gasteiger charge is 2.17. The van der Waals surface area contributed by atoms with Crippen LogP contribution in [0.5, 0.6) is 0 Å². The molecule has 130 valence electrons. The van der Waals surface area contributed by atoms with Gasteiger partial charge in [-0.2, -0.15) is 0 Å². The summed E-state index contributed by atoms with van der Waals surface area (Å²) in [5, 5.41) is 3.32. The zero-order valence-corrected chi connectivity index (χ0v) is 15.1. The van der Waals surface area contributed by atoms with Gasteiger partial charge in [-0.05, 0) is 55.8 Å². The first-order valence-corrected chi connectivity index (χ1v) is 8.11. The lowest BCUT2D eigenvalue weighted by Gasteiger charge is -2.21. The molecule has 0 unspecified atom stereocenters. The van der Waals surface area contributed by atoms with Gasteiger partial charge in [0.15, 0.2) is 5.78 Å². The minimum absolute atomic E-state index is 0.0601. The molecule has 2 amide bonds. The fourth-order valence-electron chi connectivity index (χ4n) is 2.34. The number of carbonyl (C=O) groups excluding carboxylic acids is 3. The Bertz CT molecular complexity index is 816. The van der Waals surface area contributed by atoms with E-state index in [4.69, 9.17) is 11.6 Å². The molecule has 0 saturated carbocycles. The summed E-state index contributed by atoms with van der Waals surface area (Å²) in [6.45, 7) is 4.52. The predicted molar refractivity (Wildman–Crippen MR) is 99.3 cm³/mol. The van der Waals surface area contributed by atoms with Crippen LogP contribution in [0.15, 0.2) is 42.5 Å². The van der Waals surface area contributed by atoms with Gasteiger partial charge in [-0.3, -0.25) is 14.4 Å². The van der Waals surface area contributed by atoms with Crippen LogP contribution in [0.2, 0.25) is 5.02 Å². The van der Waals surface area contributed by atoms with Crippen molar-refractivity contribution in [2.24, 2.45) is 0 Å². The molecule has 6 heteroatoms. The van der Waals surface area contributed by atoms with Crippen molar-refractivity contribution in [2.75, 3.05) is 16.8 Å². The van der Waals surface area contributed by atoms with E-state index in [1.54, 1.807) is 49.4 Å². The smallest absolute Gasteiger partial charge is 0.244 e. The Morgan fingerprint density at radius 1 is 1.04 bits per heavy atom. The number of hydrogen-bond acceptors (Lipinski definition) is 3. The van der Waals surface area contributed by atoms with E-state index in [1.807, 2.05) is 0 Å². The molecule has 0 aliphatic carbocycles. The Morgan fingerprint density at radius 2 is 1.68 bits per heavy atom. The molecule has 25 heavy (non-hydrogen) atoms. The molecule has 0 aromatic heterocycles. The standard InChI is InChI=1S/C19H19ClN2O3/c1-12-17(20)5-4-6-18(12)21-19(25)11-22(14(3)24)16-9-7-15(8-10-16)13(2)23/h4-10H,11H2,1-3H3,(H,21,25). The lowest BCUT2D eigenvalue weighted by Crippen LogP contribution is -2.36. The van der Waals surface area contributed by atoms with Crippen LogP contribution >= 0.6 is 11.6 Å². The topological polar surface area (TPSA) is 66.5 Å². The van der Waals surface area contributed by atoms with E-state index in [9.17, 15) is 14.4 Å². The van der Waals surface area contributed by atoms with Crippen LogP contribution < -0.4 is 10.2 Å². The summed E-state index contributed by atoms with van der Waals surface area (Å²) in [6.07, 6.45) is 0. The maximum atomic E-state index is 12.3. The molecule has 0 heterocycles. The first kappa shape index (κ1) is 18.7. The molecule has 0 saturated heterocycles. The van der Waals surface area contributed by atoms with E-state index in [2.05, 4.69) is 5.32 Å². The average molecular weight is 359 g/mol. The third-order valence-electron chi connectivity index (χ3n) is 3.81. The van der Waals surface area contributed by atoms with Crippen molar-refractivity contribution in [3.05, 3.63) is 58.6 Å². The second kappa shape index (κ2) is 7.94. The molecule has 2 aromatic carbocycles. The van der Waals surface area contributed by atoms with E-state index in [0.29, 0.717) is 22.0 Å². The maximum absolute atomic E-state index is 12.3. The van der Waals surface area contributed by atoms with Crippen molar-refractivity contribution in [3.63, 3.8) is 0 Å². The number of ketones is 1. The summed E-state index contributed by atoms with van der Waals surface area (Å²) in [7, 11) is 0. The Kier molecular flexibility index (Phi) is 5.93. The van der Waals surface area contributed by atoms with Gasteiger partial charge in [0.05, 0.1) is 0 Å². The fraction of sp³-hybridized carbons (Fsp3) is 0.211. The summed E-state index contributed by atoms with van der Waals surface area (Å²) in [4.78, 5) is 37.0. The number of anilines is 2. The van der Waals surface area contributed by atoms with Crippen LogP contribution in [-0.4, -0.2) is 24.1 Å². The number of nitrogens with one attached hydrogen (secondary N) is 1. The summed E-state index contributed by atoms with van der Waals surface area (Å²) < 4.78 is 0. The molecular weight excluding hydrogens is 340 g/mol. The van der Waals surface area contributed by atoms with Gasteiger partial charge in [-0.15, -0.1) is 0 Å². The number of Topliss-reactive ketones (excluding diaryl/α,β-unsaturated/α-hetero) is 1. The van der Waals surface area contributed by atoms with Gasteiger partial charge in [-0.1, -0.05) is 17.7 Å². The summed E-state index contributed by atoms with van der Waals surface area (Å²) in [6, 6.07) is 11.8. The number of hydrogen-bond donors (Lipinski definition) is 1. The molecule has 0 fully saturated rings. The number of nitrogens with zero attached hydrogens (tertiary/aromatic N) is 1. The van der Waals surface area contributed by atoms with Gasteiger partial charge in [0.2, 0.25) is 11.8 Å². The number of amides is 2. The van der Waals surface area contributed by atoms with Gasteiger partial charge >= 0.3 is 0 Å². The second-order valence-corrected chi connectivity index (χ2v) is 6.08. The summed E-state index contributed by atoms with van der Waals surface area (Å²) >= 11 is 6.05. The van der Waals surface area contributed by atoms with E-state index in [-0.39, 0.29) is 24.1 Å². The highest BCUT2D eigenvalue weighted by Crippen LogP contribution is 2.23. The zero-order valence-electron chi connectivity index (χ0n) is 14.3. The molecule has 0 bridgehead atoms. The van der Waals surface area contributed by atoms with Crippen molar-refractivity contribution in [1.82, 2.24) is 0 Å². The Morgan fingerprint density at radius 3 is 2.24 bits per heavy atom. The lowest BCUT2D eigenvalue weighted by atomic mass is 10.1. The molecule has 0 spiro atoms. The van der Waals surface area contributed by atoms with Gasteiger partial charge in [0.1, 0.15) is 6.54 Å². The van der Waals surface area contributed by atoms with Crippen molar-refractivity contribution in [1.29, 1.82) is 0 Å². The van der Waals surface area contributed by atoms with Gasteiger partial charge in [0, 0.05) is 28.9 Å². The van der Waals surface area contributed by atoms with Gasteiger partial charge in [0.25, 0.3) is 0 Å². The van der Waals surface area contributed by atoms with Crippen LogP contribution in [0.4, 0.5) is 11.4 Å². The highest BCUT2D eigenvalue weighted by atomic mass is 35.5. The van der Waals surface area contributed by atoms with Crippen molar-refractivity contribution < 1.29 is 14.4 Å². The fourth-order valence-corrected chi connectivity index (χ4v) is 2.51. The first-order valence-electron chi connectivity index (χ1n) is 7.73. The number of halogens is 1. The number of carbonyl (C=O) groups is 3. The molecule has 0 aliphatic heterocycles. The molecule has 0 aliphatic rings. The van der Waals surface area contributed by atoms with Crippen molar-refractivity contribution >= 4 is 40.6 Å². The van der Waals surface area contributed by atoms with E-state index in [0.717, 1.165) is 5.56 Å². The maximum Gasteiger partial charge on any atom is 0.244 e. The molecule has 5 nitrogen and oxygen atoms in total. The van der Waals surface area contributed by atoms with Crippen LogP contribution in [0.25, 0.3) is 0 Å². The molecular formula is C19H19ClN2O3. The van der Waals surface area contributed by atoms with Crippen LogP contribution in [-0.2, 0) is 9.59 Å². The molecule has 2 rings (SSSR count). The Balaban J connectivity index is 2.15. The minimum Gasteiger partial charge on any atom is -0.324 e. The molecule has 1 N–H and O–H groups in total. The highest BCUT2D eigenvalue weighted by molar-refractivity contribution is 6.31. The van der Waals surface area contributed by atoms with Gasteiger partial charge < -0.3 is 10.2 Å². The largest absolute Gasteiger partial charge is 0.324 e. The SMILES string of the molecule is CC(=O)c1ccc(N(CC(=O)Nc2cccc(Cl)c2C)C(C)=O)cc1. The van der Waals surface area contributed by atoms with Crippen molar-refractivity contribution in [3.8, 4) is 0 Å². The van der Waals surface area contributed by atoms with Gasteiger partial charge in [-0.25, -0.2) is 0 Å². The quantitative estimate of drug-likeness (QED) is 0.826. The third kappa shape index (κ3) is 4.67. The zero-order chi connectivity index (χ0) is 18.6.